The van der Waals surface area contributed by atoms with Crippen LogP contribution in [0.2, 0.25) is 0 Å². The van der Waals surface area contributed by atoms with Gasteiger partial charge in [0.1, 0.15) is 18.2 Å². The number of aliphatic hydroxyl groups is 1. The van der Waals surface area contributed by atoms with Crippen LogP contribution in [0.4, 0.5) is 5.82 Å². The third-order valence-electron chi connectivity index (χ3n) is 4.35. The standard InChI is InChI=1S/C17H25N5O3/c1-21-5-4-18-17(21)10-22(6-7-23)16-9-14(13-3-8-25-11-13)19-15(20-16)12-24-2/h4-5,9,13,23H,3,6-8,10-12H2,1-2H3/t13-/m1/s1. The van der Waals surface area contributed by atoms with Gasteiger partial charge in [-0.2, -0.15) is 0 Å². The third kappa shape index (κ3) is 4.33. The molecule has 25 heavy (non-hydrogen) atoms. The Labute approximate surface area is 147 Å². The number of hydrogen-bond acceptors (Lipinski definition) is 7. The van der Waals surface area contributed by atoms with Crippen LogP contribution in [0, 0.1) is 0 Å². The van der Waals surface area contributed by atoms with Crippen LogP contribution in [0.5, 0.6) is 0 Å². The number of methoxy groups -OCH3 is 1. The number of rotatable bonds is 8. The highest BCUT2D eigenvalue weighted by Crippen LogP contribution is 2.26. The van der Waals surface area contributed by atoms with Gasteiger partial charge in [-0.3, -0.25) is 0 Å². The predicted octanol–water partition coefficient (Wildman–Crippen LogP) is 0.859. The van der Waals surface area contributed by atoms with E-state index < -0.39 is 0 Å². The van der Waals surface area contributed by atoms with Crippen molar-refractivity contribution in [1.82, 2.24) is 19.5 Å². The maximum atomic E-state index is 9.49. The van der Waals surface area contributed by atoms with Crippen molar-refractivity contribution in [2.75, 3.05) is 38.4 Å². The van der Waals surface area contributed by atoms with Crippen molar-refractivity contribution in [2.45, 2.75) is 25.5 Å². The molecule has 0 bridgehead atoms. The molecule has 0 radical (unpaired) electrons. The predicted molar refractivity (Wildman–Crippen MR) is 92.3 cm³/mol. The molecular weight excluding hydrogens is 322 g/mol. The van der Waals surface area contributed by atoms with E-state index in [0.717, 1.165) is 30.4 Å². The highest BCUT2D eigenvalue weighted by molar-refractivity contribution is 5.41. The smallest absolute Gasteiger partial charge is 0.156 e. The second-order valence-corrected chi connectivity index (χ2v) is 6.16. The maximum Gasteiger partial charge on any atom is 0.156 e. The lowest BCUT2D eigenvalue weighted by Crippen LogP contribution is -2.29. The van der Waals surface area contributed by atoms with Crippen LogP contribution in [-0.2, 0) is 29.7 Å². The van der Waals surface area contributed by atoms with Crippen LogP contribution in [0.3, 0.4) is 0 Å². The summed E-state index contributed by atoms with van der Waals surface area (Å²) in [5.74, 6) is 2.61. The van der Waals surface area contributed by atoms with E-state index >= 15 is 0 Å². The van der Waals surface area contributed by atoms with Gasteiger partial charge in [0, 0.05) is 51.7 Å². The molecule has 0 spiro atoms. The number of anilines is 1. The molecule has 3 heterocycles. The van der Waals surface area contributed by atoms with Crippen molar-refractivity contribution in [3.05, 3.63) is 35.8 Å². The molecule has 0 aromatic carbocycles. The zero-order chi connectivity index (χ0) is 17.6. The van der Waals surface area contributed by atoms with Crippen molar-refractivity contribution in [3.8, 4) is 0 Å². The average Bonchev–Trinajstić information content (AvgIpc) is 3.27. The number of aliphatic hydroxyl groups excluding tert-OH is 1. The Morgan fingerprint density at radius 2 is 2.32 bits per heavy atom. The Balaban J connectivity index is 1.91. The van der Waals surface area contributed by atoms with Crippen LogP contribution in [-0.4, -0.2) is 58.1 Å². The van der Waals surface area contributed by atoms with Crippen molar-refractivity contribution in [2.24, 2.45) is 7.05 Å². The molecule has 3 rings (SSSR count). The molecule has 0 amide bonds. The summed E-state index contributed by atoms with van der Waals surface area (Å²) in [5, 5.41) is 9.49. The number of nitrogens with zero attached hydrogens (tertiary/aromatic N) is 5. The minimum atomic E-state index is 0.0376. The van der Waals surface area contributed by atoms with Gasteiger partial charge in [0.15, 0.2) is 5.82 Å². The largest absolute Gasteiger partial charge is 0.395 e. The first kappa shape index (κ1) is 17.8. The molecular formula is C17H25N5O3. The van der Waals surface area contributed by atoms with E-state index in [0.29, 0.717) is 32.1 Å². The monoisotopic (exact) mass is 347 g/mol. The first-order chi connectivity index (χ1) is 12.2. The van der Waals surface area contributed by atoms with Gasteiger partial charge in [-0.1, -0.05) is 0 Å². The fourth-order valence-corrected chi connectivity index (χ4v) is 2.95. The Bertz CT molecular complexity index is 685. The molecule has 8 heteroatoms. The van der Waals surface area contributed by atoms with Gasteiger partial charge >= 0.3 is 0 Å². The number of aromatic nitrogens is 4. The average molecular weight is 347 g/mol. The topological polar surface area (TPSA) is 85.5 Å². The maximum absolute atomic E-state index is 9.49. The molecule has 8 nitrogen and oxygen atoms in total. The van der Waals surface area contributed by atoms with Crippen LogP contribution in [0.25, 0.3) is 0 Å². The molecule has 1 N–H and O–H groups in total. The Morgan fingerprint density at radius 3 is 2.96 bits per heavy atom. The van der Waals surface area contributed by atoms with E-state index in [1.54, 1.807) is 13.3 Å². The van der Waals surface area contributed by atoms with E-state index in [-0.39, 0.29) is 12.5 Å². The van der Waals surface area contributed by atoms with Gasteiger partial charge in [-0.15, -0.1) is 0 Å². The first-order valence-corrected chi connectivity index (χ1v) is 8.47. The highest BCUT2D eigenvalue weighted by atomic mass is 16.5. The minimum Gasteiger partial charge on any atom is -0.395 e. The fourth-order valence-electron chi connectivity index (χ4n) is 2.95. The summed E-state index contributed by atoms with van der Waals surface area (Å²) in [6.45, 7) is 2.87. The minimum absolute atomic E-state index is 0.0376. The number of hydrogen-bond donors (Lipinski definition) is 1. The Hall–Kier alpha value is -2.03. The summed E-state index contributed by atoms with van der Waals surface area (Å²) in [5.41, 5.74) is 0.970. The van der Waals surface area contributed by atoms with Gasteiger partial charge in [0.2, 0.25) is 0 Å². The molecule has 1 atom stereocenters. The normalized spacial score (nSPS) is 17.2. The number of ether oxygens (including phenoxy) is 2. The van der Waals surface area contributed by atoms with Crippen molar-refractivity contribution in [1.29, 1.82) is 0 Å². The molecule has 2 aromatic heterocycles. The molecule has 1 aliphatic rings. The quantitative estimate of drug-likeness (QED) is 0.758. The van der Waals surface area contributed by atoms with E-state index in [1.807, 2.05) is 28.8 Å². The van der Waals surface area contributed by atoms with Crippen LogP contribution >= 0.6 is 0 Å². The van der Waals surface area contributed by atoms with E-state index in [1.165, 1.54) is 0 Å². The van der Waals surface area contributed by atoms with Gasteiger partial charge in [0.05, 0.1) is 25.5 Å². The molecule has 0 unspecified atom stereocenters. The molecule has 0 saturated carbocycles. The summed E-state index contributed by atoms with van der Waals surface area (Å²) in [7, 11) is 3.59. The molecule has 1 saturated heterocycles. The summed E-state index contributed by atoms with van der Waals surface area (Å²) < 4.78 is 12.7. The highest BCUT2D eigenvalue weighted by Gasteiger charge is 2.22. The fraction of sp³-hybridized carbons (Fsp3) is 0.588. The van der Waals surface area contributed by atoms with Crippen molar-refractivity contribution in [3.63, 3.8) is 0 Å². The SMILES string of the molecule is COCc1nc([C@@H]2CCOC2)cc(N(CCO)Cc2nccn2C)n1. The number of aryl methyl sites for hydroxylation is 1. The van der Waals surface area contributed by atoms with Gasteiger partial charge in [0.25, 0.3) is 0 Å². The third-order valence-corrected chi connectivity index (χ3v) is 4.35. The van der Waals surface area contributed by atoms with Crippen LogP contribution in [0.15, 0.2) is 18.5 Å². The summed E-state index contributed by atoms with van der Waals surface area (Å²) in [6.07, 6.45) is 4.64. The lowest BCUT2D eigenvalue weighted by Gasteiger charge is -2.24. The van der Waals surface area contributed by atoms with E-state index in [9.17, 15) is 5.11 Å². The Kier molecular flexibility index (Phi) is 5.95. The molecule has 136 valence electrons. The van der Waals surface area contributed by atoms with Crippen LogP contribution in [0.1, 0.15) is 29.7 Å². The summed E-state index contributed by atoms with van der Waals surface area (Å²) >= 11 is 0. The Morgan fingerprint density at radius 1 is 1.44 bits per heavy atom. The number of imidazole rings is 1. The second-order valence-electron chi connectivity index (χ2n) is 6.16. The molecule has 1 aliphatic heterocycles. The second kappa shape index (κ2) is 8.37. The molecule has 0 aliphatic carbocycles. The zero-order valence-corrected chi connectivity index (χ0v) is 14.8. The zero-order valence-electron chi connectivity index (χ0n) is 14.8. The van der Waals surface area contributed by atoms with E-state index in [2.05, 4.69) is 15.0 Å². The van der Waals surface area contributed by atoms with Crippen molar-refractivity contribution < 1.29 is 14.6 Å². The van der Waals surface area contributed by atoms with Gasteiger partial charge < -0.3 is 24.0 Å². The van der Waals surface area contributed by atoms with Gasteiger partial charge in [-0.25, -0.2) is 15.0 Å². The van der Waals surface area contributed by atoms with E-state index in [4.69, 9.17) is 9.47 Å². The first-order valence-electron chi connectivity index (χ1n) is 8.47. The summed E-state index contributed by atoms with van der Waals surface area (Å²) in [6, 6.07) is 2.00. The summed E-state index contributed by atoms with van der Waals surface area (Å²) in [4.78, 5) is 15.7. The molecule has 1 fully saturated rings. The lowest BCUT2D eigenvalue weighted by atomic mass is 10.0. The van der Waals surface area contributed by atoms with Crippen molar-refractivity contribution >= 4 is 5.82 Å². The lowest BCUT2D eigenvalue weighted by molar-refractivity contribution is 0.177. The van der Waals surface area contributed by atoms with Crippen LogP contribution < -0.4 is 4.90 Å². The molecule has 2 aromatic rings. The van der Waals surface area contributed by atoms with Gasteiger partial charge in [-0.05, 0) is 6.42 Å².